The van der Waals surface area contributed by atoms with E-state index in [1.165, 1.54) is 0 Å². The van der Waals surface area contributed by atoms with Crippen LogP contribution in [0.3, 0.4) is 0 Å². The molecule has 21 heavy (non-hydrogen) atoms. The van der Waals surface area contributed by atoms with Gasteiger partial charge in [0.15, 0.2) is 0 Å². The zero-order chi connectivity index (χ0) is 15.4. The second-order valence-corrected chi connectivity index (χ2v) is 5.92. The van der Waals surface area contributed by atoms with Crippen molar-refractivity contribution >= 4 is 5.91 Å². The van der Waals surface area contributed by atoms with Gasteiger partial charge < -0.3 is 10.6 Å². The minimum atomic E-state index is -0.0252. The molecule has 1 amide bonds. The molecule has 0 spiro atoms. The van der Waals surface area contributed by atoms with Gasteiger partial charge in [0.05, 0.1) is 12.1 Å². The molecule has 2 N–H and O–H groups in total. The summed E-state index contributed by atoms with van der Waals surface area (Å²) < 4.78 is 0. The van der Waals surface area contributed by atoms with Crippen LogP contribution in [-0.2, 0) is 0 Å². The molecule has 1 saturated heterocycles. The lowest BCUT2D eigenvalue weighted by atomic mass is 9.85. The highest BCUT2D eigenvalue weighted by molar-refractivity contribution is 5.95. The Kier molecular flexibility index (Phi) is 4.98. The molecule has 1 fully saturated rings. The van der Waals surface area contributed by atoms with Crippen molar-refractivity contribution in [1.29, 1.82) is 0 Å². The number of amides is 1. The lowest BCUT2D eigenvalue weighted by molar-refractivity contribution is 0.0449. The first kappa shape index (κ1) is 15.5. The highest BCUT2D eigenvalue weighted by Gasteiger charge is 2.33. The first-order chi connectivity index (χ1) is 10.0. The van der Waals surface area contributed by atoms with Gasteiger partial charge >= 0.3 is 0 Å². The van der Waals surface area contributed by atoms with Gasteiger partial charge in [0, 0.05) is 18.8 Å². The maximum Gasteiger partial charge on any atom is 0.274 e. The predicted octanol–water partition coefficient (Wildman–Crippen LogP) is 1.90. The van der Waals surface area contributed by atoms with Crippen LogP contribution in [0.1, 0.15) is 43.2 Å². The molecular weight excluding hydrogens is 262 g/mol. The number of hydrogen-bond donors (Lipinski definition) is 1. The summed E-state index contributed by atoms with van der Waals surface area (Å²) in [6.45, 7) is 7.56. The van der Waals surface area contributed by atoms with Crippen molar-refractivity contribution in [3.63, 3.8) is 0 Å². The summed E-state index contributed by atoms with van der Waals surface area (Å²) in [5, 5.41) is 0. The van der Waals surface area contributed by atoms with E-state index in [2.05, 4.69) is 37.6 Å². The smallest absolute Gasteiger partial charge is 0.274 e. The highest BCUT2D eigenvalue weighted by atomic mass is 16.2. The topological polar surface area (TPSA) is 59.2 Å². The van der Waals surface area contributed by atoms with Crippen LogP contribution in [0, 0.1) is 23.7 Å². The Balaban J connectivity index is 2.31. The Morgan fingerprint density at radius 3 is 2.95 bits per heavy atom. The molecule has 1 aromatic rings. The Bertz CT molecular complexity index is 573. The average molecular weight is 285 g/mol. The van der Waals surface area contributed by atoms with E-state index in [0.29, 0.717) is 23.1 Å². The second-order valence-electron chi connectivity index (χ2n) is 5.92. The van der Waals surface area contributed by atoms with Crippen molar-refractivity contribution in [3.8, 4) is 11.8 Å². The van der Waals surface area contributed by atoms with E-state index >= 15 is 0 Å². The number of aromatic nitrogens is 1. The number of rotatable bonds is 1. The zero-order valence-electron chi connectivity index (χ0n) is 13.0. The normalized spacial score (nSPS) is 25.1. The molecule has 1 aromatic heterocycles. The van der Waals surface area contributed by atoms with Crippen LogP contribution in [-0.4, -0.2) is 34.9 Å². The van der Waals surface area contributed by atoms with Crippen LogP contribution in [0.2, 0.25) is 0 Å². The Morgan fingerprint density at radius 2 is 2.24 bits per heavy atom. The van der Waals surface area contributed by atoms with Gasteiger partial charge in [-0.25, -0.2) is 4.98 Å². The summed E-state index contributed by atoms with van der Waals surface area (Å²) in [6, 6.07) is 3.85. The Hall–Kier alpha value is -1.86. The van der Waals surface area contributed by atoms with Crippen LogP contribution >= 0.6 is 0 Å². The maximum atomic E-state index is 12.8. The van der Waals surface area contributed by atoms with Crippen molar-refractivity contribution in [3.05, 3.63) is 29.6 Å². The number of likely N-dealkylation sites (tertiary alicyclic amines) is 1. The molecule has 3 unspecified atom stereocenters. The second kappa shape index (κ2) is 6.73. The van der Waals surface area contributed by atoms with Gasteiger partial charge in [0.1, 0.15) is 5.69 Å². The summed E-state index contributed by atoms with van der Waals surface area (Å²) in [4.78, 5) is 19.0. The van der Waals surface area contributed by atoms with Crippen molar-refractivity contribution in [1.82, 2.24) is 9.88 Å². The quantitative estimate of drug-likeness (QED) is 0.802. The standard InChI is InChI=1S/C17H23N3O/c1-12-10-13(2)14(3)20(11-12)17(21)16-15(6-4-8-18)7-5-9-19-16/h5,7,9,12-14H,8,10-11,18H2,1-3H3. The molecule has 0 aromatic carbocycles. The molecule has 0 bridgehead atoms. The zero-order valence-corrected chi connectivity index (χ0v) is 13.0. The molecule has 4 heteroatoms. The van der Waals surface area contributed by atoms with E-state index in [9.17, 15) is 4.79 Å². The molecule has 2 rings (SSSR count). The fourth-order valence-corrected chi connectivity index (χ4v) is 2.94. The molecule has 3 atom stereocenters. The van der Waals surface area contributed by atoms with E-state index in [1.807, 2.05) is 11.0 Å². The third-order valence-electron chi connectivity index (χ3n) is 4.19. The summed E-state index contributed by atoms with van der Waals surface area (Å²) in [5.74, 6) is 6.73. The molecule has 4 nitrogen and oxygen atoms in total. The largest absolute Gasteiger partial charge is 0.334 e. The SMILES string of the molecule is CC1CC(C)C(C)N(C(=O)c2ncccc2C#CCN)C1. The number of carbonyl (C=O) groups excluding carboxylic acids is 1. The van der Waals surface area contributed by atoms with Gasteiger partial charge in [-0.15, -0.1) is 0 Å². The molecule has 112 valence electrons. The van der Waals surface area contributed by atoms with Crippen LogP contribution in [0.4, 0.5) is 0 Å². The van der Waals surface area contributed by atoms with Crippen LogP contribution in [0.25, 0.3) is 0 Å². The van der Waals surface area contributed by atoms with Crippen molar-refractivity contribution in [2.24, 2.45) is 17.6 Å². The molecule has 0 saturated carbocycles. The fourth-order valence-electron chi connectivity index (χ4n) is 2.94. The third-order valence-corrected chi connectivity index (χ3v) is 4.19. The molecule has 1 aliphatic heterocycles. The molecule has 1 aliphatic rings. The van der Waals surface area contributed by atoms with Crippen LogP contribution < -0.4 is 5.73 Å². The monoisotopic (exact) mass is 285 g/mol. The van der Waals surface area contributed by atoms with Gasteiger partial charge in [-0.05, 0) is 37.3 Å². The van der Waals surface area contributed by atoms with Crippen LogP contribution in [0.15, 0.2) is 18.3 Å². The summed E-state index contributed by atoms with van der Waals surface area (Å²) in [7, 11) is 0. The third kappa shape index (κ3) is 3.43. The number of pyridine rings is 1. The lowest BCUT2D eigenvalue weighted by Gasteiger charge is -2.41. The highest BCUT2D eigenvalue weighted by Crippen LogP contribution is 2.28. The molecular formula is C17H23N3O. The Morgan fingerprint density at radius 1 is 1.48 bits per heavy atom. The van der Waals surface area contributed by atoms with Gasteiger partial charge in [-0.2, -0.15) is 0 Å². The summed E-state index contributed by atoms with van der Waals surface area (Å²) in [5.41, 5.74) is 6.51. The van der Waals surface area contributed by atoms with E-state index in [-0.39, 0.29) is 18.5 Å². The van der Waals surface area contributed by atoms with Crippen molar-refractivity contribution in [2.45, 2.75) is 33.2 Å². The number of carbonyl (C=O) groups is 1. The number of piperidine rings is 1. The molecule has 0 radical (unpaired) electrons. The molecule has 2 heterocycles. The van der Waals surface area contributed by atoms with Gasteiger partial charge in [0.25, 0.3) is 5.91 Å². The maximum absolute atomic E-state index is 12.8. The summed E-state index contributed by atoms with van der Waals surface area (Å²) >= 11 is 0. The van der Waals surface area contributed by atoms with E-state index in [1.54, 1.807) is 12.3 Å². The van der Waals surface area contributed by atoms with Gasteiger partial charge in [-0.3, -0.25) is 4.79 Å². The predicted molar refractivity (Wildman–Crippen MR) is 83.6 cm³/mol. The number of hydrogen-bond acceptors (Lipinski definition) is 3. The molecule has 0 aliphatic carbocycles. The van der Waals surface area contributed by atoms with Crippen molar-refractivity contribution < 1.29 is 4.79 Å². The van der Waals surface area contributed by atoms with E-state index < -0.39 is 0 Å². The van der Waals surface area contributed by atoms with E-state index in [4.69, 9.17) is 5.73 Å². The number of nitrogens with two attached hydrogens (primary N) is 1. The van der Waals surface area contributed by atoms with Gasteiger partial charge in [-0.1, -0.05) is 25.7 Å². The van der Waals surface area contributed by atoms with Gasteiger partial charge in [0.2, 0.25) is 0 Å². The number of nitrogens with zero attached hydrogens (tertiary/aromatic N) is 2. The van der Waals surface area contributed by atoms with Crippen molar-refractivity contribution in [2.75, 3.05) is 13.1 Å². The van der Waals surface area contributed by atoms with Crippen LogP contribution in [0.5, 0.6) is 0 Å². The fraction of sp³-hybridized carbons (Fsp3) is 0.529. The Labute approximate surface area is 126 Å². The first-order valence-electron chi connectivity index (χ1n) is 7.49. The minimum Gasteiger partial charge on any atom is -0.334 e. The average Bonchev–Trinajstić information content (AvgIpc) is 2.48. The lowest BCUT2D eigenvalue weighted by Crippen LogP contribution is -2.49. The van der Waals surface area contributed by atoms with E-state index in [0.717, 1.165) is 13.0 Å². The minimum absolute atomic E-state index is 0.0252. The summed E-state index contributed by atoms with van der Waals surface area (Å²) in [6.07, 6.45) is 2.80. The first-order valence-corrected chi connectivity index (χ1v) is 7.49.